The smallest absolute Gasteiger partial charge is 0.323 e. The highest BCUT2D eigenvalue weighted by Crippen LogP contribution is 2.28. The molecule has 6 heteroatoms. The lowest BCUT2D eigenvalue weighted by Gasteiger charge is -2.34. The molecule has 0 aliphatic carbocycles. The molecule has 0 radical (unpaired) electrons. The van der Waals surface area contributed by atoms with Crippen molar-refractivity contribution >= 4 is 23.3 Å². The van der Waals surface area contributed by atoms with Gasteiger partial charge in [0.25, 0.3) is 0 Å². The van der Waals surface area contributed by atoms with Crippen LogP contribution in [0.25, 0.3) is 0 Å². The van der Waals surface area contributed by atoms with Gasteiger partial charge in [0.05, 0.1) is 6.04 Å². The molecule has 0 bridgehead atoms. The Balaban J connectivity index is 1.44. The summed E-state index contributed by atoms with van der Waals surface area (Å²) in [6.07, 6.45) is 3.86. The standard InChI is InChI=1S/C23H28N4O2/c1-16-8-10-18(11-9-16)25-23(29)26-20-6-4-5-17-15-27(14-12-19(17)20)21-7-2-3-13-24-22(21)28/h4-6,8-11,21H,2-3,7,12-15H2,1H3,(H,24,28)(H2,25,26,29). The number of benzene rings is 2. The third-order valence-corrected chi connectivity index (χ3v) is 5.80. The van der Waals surface area contributed by atoms with Gasteiger partial charge in [-0.15, -0.1) is 0 Å². The van der Waals surface area contributed by atoms with Gasteiger partial charge in [0.15, 0.2) is 0 Å². The molecule has 2 aromatic carbocycles. The molecule has 152 valence electrons. The average Bonchev–Trinajstić information content (AvgIpc) is 2.94. The summed E-state index contributed by atoms with van der Waals surface area (Å²) < 4.78 is 0. The van der Waals surface area contributed by atoms with Crippen LogP contribution in [0.5, 0.6) is 0 Å². The molecule has 0 aromatic heterocycles. The zero-order chi connectivity index (χ0) is 20.2. The van der Waals surface area contributed by atoms with E-state index < -0.39 is 0 Å². The Morgan fingerprint density at radius 3 is 2.76 bits per heavy atom. The second kappa shape index (κ2) is 8.66. The van der Waals surface area contributed by atoms with E-state index in [1.165, 1.54) is 5.56 Å². The maximum Gasteiger partial charge on any atom is 0.323 e. The first-order valence-corrected chi connectivity index (χ1v) is 10.4. The maximum absolute atomic E-state index is 12.5. The second-order valence-corrected chi connectivity index (χ2v) is 7.91. The van der Waals surface area contributed by atoms with Crippen molar-refractivity contribution in [3.05, 3.63) is 59.2 Å². The zero-order valence-corrected chi connectivity index (χ0v) is 16.8. The summed E-state index contributed by atoms with van der Waals surface area (Å²) in [6.45, 7) is 4.36. The Morgan fingerprint density at radius 2 is 1.93 bits per heavy atom. The Bertz CT molecular complexity index is 894. The first-order chi connectivity index (χ1) is 14.1. The molecule has 3 amide bonds. The summed E-state index contributed by atoms with van der Waals surface area (Å²) >= 11 is 0. The molecule has 29 heavy (non-hydrogen) atoms. The van der Waals surface area contributed by atoms with Gasteiger partial charge in [0.1, 0.15) is 0 Å². The van der Waals surface area contributed by atoms with Gasteiger partial charge in [-0.05, 0) is 61.9 Å². The van der Waals surface area contributed by atoms with Gasteiger partial charge in [0.2, 0.25) is 5.91 Å². The van der Waals surface area contributed by atoms with E-state index in [2.05, 4.69) is 26.9 Å². The van der Waals surface area contributed by atoms with E-state index in [9.17, 15) is 9.59 Å². The number of fused-ring (bicyclic) bond motifs is 1. The fourth-order valence-electron chi connectivity index (χ4n) is 4.21. The minimum Gasteiger partial charge on any atom is -0.355 e. The van der Waals surface area contributed by atoms with E-state index in [1.54, 1.807) is 0 Å². The van der Waals surface area contributed by atoms with Crippen molar-refractivity contribution in [2.75, 3.05) is 23.7 Å². The molecule has 1 fully saturated rings. The monoisotopic (exact) mass is 392 g/mol. The van der Waals surface area contributed by atoms with Gasteiger partial charge < -0.3 is 16.0 Å². The quantitative estimate of drug-likeness (QED) is 0.746. The van der Waals surface area contributed by atoms with Crippen LogP contribution in [0.1, 0.15) is 36.0 Å². The molecule has 0 saturated carbocycles. The van der Waals surface area contributed by atoms with E-state index in [1.807, 2.05) is 43.3 Å². The number of nitrogens with one attached hydrogen (secondary N) is 3. The Hall–Kier alpha value is -2.86. The van der Waals surface area contributed by atoms with Gasteiger partial charge in [-0.2, -0.15) is 0 Å². The van der Waals surface area contributed by atoms with Crippen LogP contribution in [0, 0.1) is 6.92 Å². The van der Waals surface area contributed by atoms with Crippen molar-refractivity contribution in [2.45, 2.75) is 45.2 Å². The van der Waals surface area contributed by atoms with Gasteiger partial charge >= 0.3 is 6.03 Å². The van der Waals surface area contributed by atoms with Crippen molar-refractivity contribution < 1.29 is 9.59 Å². The van der Waals surface area contributed by atoms with Crippen LogP contribution in [0.2, 0.25) is 0 Å². The van der Waals surface area contributed by atoms with Crippen LogP contribution in [-0.4, -0.2) is 36.0 Å². The molecule has 4 rings (SSSR count). The van der Waals surface area contributed by atoms with Crippen molar-refractivity contribution in [3.63, 3.8) is 0 Å². The average molecular weight is 393 g/mol. The van der Waals surface area contributed by atoms with Crippen molar-refractivity contribution in [1.82, 2.24) is 10.2 Å². The topological polar surface area (TPSA) is 73.5 Å². The predicted octanol–water partition coefficient (Wildman–Crippen LogP) is 3.67. The van der Waals surface area contributed by atoms with E-state index >= 15 is 0 Å². The molecular formula is C23H28N4O2. The Morgan fingerprint density at radius 1 is 1.10 bits per heavy atom. The van der Waals surface area contributed by atoms with Crippen LogP contribution in [0.3, 0.4) is 0 Å². The number of amides is 3. The van der Waals surface area contributed by atoms with E-state index in [4.69, 9.17) is 0 Å². The number of hydrogen-bond donors (Lipinski definition) is 3. The third kappa shape index (κ3) is 4.59. The molecule has 2 aliphatic heterocycles. The lowest BCUT2D eigenvalue weighted by atomic mass is 9.95. The highest BCUT2D eigenvalue weighted by molar-refractivity contribution is 6.00. The van der Waals surface area contributed by atoms with Crippen LogP contribution in [-0.2, 0) is 17.8 Å². The molecule has 2 aliphatic rings. The summed E-state index contributed by atoms with van der Waals surface area (Å²) in [7, 11) is 0. The highest BCUT2D eigenvalue weighted by Gasteiger charge is 2.30. The number of nitrogens with zero attached hydrogens (tertiary/aromatic N) is 1. The number of aryl methyl sites for hydroxylation is 1. The Labute approximate surface area is 171 Å². The summed E-state index contributed by atoms with van der Waals surface area (Å²) in [5, 5.41) is 8.92. The minimum atomic E-state index is -0.243. The fourth-order valence-corrected chi connectivity index (χ4v) is 4.21. The van der Waals surface area contributed by atoms with Crippen molar-refractivity contribution in [1.29, 1.82) is 0 Å². The van der Waals surface area contributed by atoms with E-state index in [0.717, 1.165) is 67.8 Å². The molecule has 1 saturated heterocycles. The number of carbonyl (C=O) groups is 2. The number of anilines is 2. The molecule has 1 unspecified atom stereocenters. The lowest BCUT2D eigenvalue weighted by Crippen LogP contribution is -2.47. The van der Waals surface area contributed by atoms with Crippen molar-refractivity contribution in [3.8, 4) is 0 Å². The molecule has 2 heterocycles. The summed E-state index contributed by atoms with van der Waals surface area (Å²) in [4.78, 5) is 27.2. The van der Waals surface area contributed by atoms with Crippen LogP contribution < -0.4 is 16.0 Å². The number of hydrogen-bond acceptors (Lipinski definition) is 3. The van der Waals surface area contributed by atoms with Crippen molar-refractivity contribution in [2.24, 2.45) is 0 Å². The predicted molar refractivity (Wildman–Crippen MR) is 115 cm³/mol. The van der Waals surface area contributed by atoms with Gasteiger partial charge in [-0.1, -0.05) is 29.8 Å². The molecule has 6 nitrogen and oxygen atoms in total. The maximum atomic E-state index is 12.5. The van der Waals surface area contributed by atoms with Gasteiger partial charge in [0, 0.05) is 31.0 Å². The number of urea groups is 1. The summed E-state index contributed by atoms with van der Waals surface area (Å²) in [6, 6.07) is 13.4. The molecule has 2 aromatic rings. The number of carbonyl (C=O) groups excluding carboxylic acids is 2. The summed E-state index contributed by atoms with van der Waals surface area (Å²) in [5.74, 6) is 0.151. The third-order valence-electron chi connectivity index (χ3n) is 5.80. The van der Waals surface area contributed by atoms with Gasteiger partial charge in [-0.25, -0.2) is 4.79 Å². The largest absolute Gasteiger partial charge is 0.355 e. The molecular weight excluding hydrogens is 364 g/mol. The first kappa shape index (κ1) is 19.5. The lowest BCUT2D eigenvalue weighted by molar-refractivity contribution is -0.126. The highest BCUT2D eigenvalue weighted by atomic mass is 16.2. The van der Waals surface area contributed by atoms with E-state index in [0.29, 0.717) is 0 Å². The molecule has 0 spiro atoms. The molecule has 3 N–H and O–H groups in total. The normalized spacial score (nSPS) is 19.6. The SMILES string of the molecule is Cc1ccc(NC(=O)Nc2cccc3c2CCN(C2CCCCNC2=O)C3)cc1. The van der Waals surface area contributed by atoms with E-state index in [-0.39, 0.29) is 18.0 Å². The second-order valence-electron chi connectivity index (χ2n) is 7.91. The molecule has 1 atom stereocenters. The number of rotatable bonds is 3. The fraction of sp³-hybridized carbons (Fsp3) is 0.391. The Kier molecular flexibility index (Phi) is 5.81. The summed E-state index contributed by atoms with van der Waals surface area (Å²) in [5.41, 5.74) is 5.11. The van der Waals surface area contributed by atoms with Gasteiger partial charge in [-0.3, -0.25) is 9.69 Å². The van der Waals surface area contributed by atoms with Crippen LogP contribution in [0.15, 0.2) is 42.5 Å². The van der Waals surface area contributed by atoms with Crippen LogP contribution in [0.4, 0.5) is 16.2 Å². The zero-order valence-electron chi connectivity index (χ0n) is 16.8. The first-order valence-electron chi connectivity index (χ1n) is 10.4. The minimum absolute atomic E-state index is 0.0490. The van der Waals surface area contributed by atoms with Crippen LogP contribution >= 0.6 is 0 Å².